The van der Waals surface area contributed by atoms with Gasteiger partial charge in [-0.2, -0.15) is 0 Å². The number of unbranched alkanes of at least 4 members (excludes halogenated alkanes) is 35. The summed E-state index contributed by atoms with van der Waals surface area (Å²) in [5.41, 5.74) is 0. The third-order valence-corrected chi connectivity index (χ3v) is 19.1. The fraction of sp³-hybridized carbons (Fsp3) is 0.945. The first-order valence-electron chi connectivity index (χ1n) is 37.7. The van der Waals surface area contributed by atoms with E-state index in [-0.39, 0.29) is 25.7 Å². The molecule has 0 saturated carbocycles. The number of carbonyl (C=O) groups is 4. The van der Waals surface area contributed by atoms with Crippen LogP contribution in [0, 0.1) is 23.7 Å². The number of esters is 4. The maximum atomic E-state index is 13.0. The topological polar surface area (TPSA) is 237 Å². The normalized spacial score (nSPS) is 14.5. The molecule has 92 heavy (non-hydrogen) atoms. The number of phosphoric ester groups is 2. The molecule has 0 aliphatic heterocycles. The largest absolute Gasteiger partial charge is 0.472 e. The second kappa shape index (κ2) is 62.6. The molecule has 0 bridgehead atoms. The van der Waals surface area contributed by atoms with Gasteiger partial charge in [-0.15, -0.1) is 0 Å². The van der Waals surface area contributed by atoms with Gasteiger partial charge >= 0.3 is 39.5 Å². The van der Waals surface area contributed by atoms with Crippen molar-refractivity contribution in [2.24, 2.45) is 23.7 Å². The van der Waals surface area contributed by atoms with Crippen molar-refractivity contribution >= 4 is 39.5 Å². The van der Waals surface area contributed by atoms with Crippen molar-refractivity contribution in [3.05, 3.63) is 0 Å². The van der Waals surface area contributed by atoms with Crippen LogP contribution in [0.3, 0.4) is 0 Å². The third-order valence-electron chi connectivity index (χ3n) is 17.2. The molecule has 0 aromatic rings. The minimum Gasteiger partial charge on any atom is -0.462 e. The molecule has 0 spiro atoms. The summed E-state index contributed by atoms with van der Waals surface area (Å²) in [6, 6.07) is 0. The van der Waals surface area contributed by atoms with Gasteiger partial charge in [-0.05, 0) is 49.4 Å². The van der Waals surface area contributed by atoms with Crippen molar-refractivity contribution in [3.8, 4) is 0 Å². The highest BCUT2D eigenvalue weighted by Gasteiger charge is 2.30. The maximum absolute atomic E-state index is 13.0. The Morgan fingerprint density at radius 1 is 0.304 bits per heavy atom. The van der Waals surface area contributed by atoms with E-state index in [0.29, 0.717) is 31.6 Å². The van der Waals surface area contributed by atoms with Crippen LogP contribution in [0.25, 0.3) is 0 Å². The number of aliphatic hydroxyl groups is 1. The minimum absolute atomic E-state index is 0.105. The van der Waals surface area contributed by atoms with E-state index in [0.717, 1.165) is 114 Å². The van der Waals surface area contributed by atoms with Gasteiger partial charge in [0.05, 0.1) is 26.4 Å². The van der Waals surface area contributed by atoms with E-state index >= 15 is 0 Å². The second-order valence-electron chi connectivity index (χ2n) is 28.0. The summed E-state index contributed by atoms with van der Waals surface area (Å²) in [7, 11) is -9.91. The molecule has 0 aromatic carbocycles. The zero-order valence-corrected chi connectivity index (χ0v) is 62.0. The molecular weight excluding hydrogens is 1210 g/mol. The molecule has 0 heterocycles. The van der Waals surface area contributed by atoms with Crippen LogP contribution in [0.5, 0.6) is 0 Å². The summed E-state index contributed by atoms with van der Waals surface area (Å²) in [5.74, 6) is 0.904. The summed E-state index contributed by atoms with van der Waals surface area (Å²) in [6.45, 7) is 14.1. The lowest BCUT2D eigenvalue weighted by Crippen LogP contribution is -2.30. The molecular formula is C73H142O17P2. The molecule has 3 N–H and O–H groups in total. The molecule has 546 valence electrons. The molecule has 0 aliphatic carbocycles. The average Bonchev–Trinajstić information content (AvgIpc) is 2.42. The van der Waals surface area contributed by atoms with Crippen molar-refractivity contribution in [2.75, 3.05) is 39.6 Å². The zero-order chi connectivity index (χ0) is 68.2. The first-order chi connectivity index (χ1) is 44.1. The van der Waals surface area contributed by atoms with Crippen LogP contribution in [0.4, 0.5) is 0 Å². The monoisotopic (exact) mass is 1350 g/mol. The fourth-order valence-electron chi connectivity index (χ4n) is 11.0. The predicted octanol–water partition coefficient (Wildman–Crippen LogP) is 20.9. The van der Waals surface area contributed by atoms with E-state index < -0.39 is 97.5 Å². The maximum Gasteiger partial charge on any atom is 0.472 e. The Balaban J connectivity index is 5.25. The lowest BCUT2D eigenvalue weighted by atomic mass is 9.99. The quantitative estimate of drug-likeness (QED) is 0.0222. The Labute approximate surface area is 562 Å². The van der Waals surface area contributed by atoms with Crippen LogP contribution in [0.15, 0.2) is 0 Å². The zero-order valence-electron chi connectivity index (χ0n) is 60.2. The van der Waals surface area contributed by atoms with Gasteiger partial charge in [-0.25, -0.2) is 9.13 Å². The Morgan fingerprint density at radius 3 is 0.772 bits per heavy atom. The van der Waals surface area contributed by atoms with Gasteiger partial charge in [0.15, 0.2) is 12.2 Å². The van der Waals surface area contributed by atoms with Crippen LogP contribution >= 0.6 is 15.6 Å². The third kappa shape index (κ3) is 65.4. The number of ether oxygens (including phenoxy) is 4. The van der Waals surface area contributed by atoms with E-state index in [1.54, 1.807) is 0 Å². The van der Waals surface area contributed by atoms with E-state index in [1.165, 1.54) is 161 Å². The standard InChI is InChI=1S/C73H142O17P2/c1-9-66(8)52-44-36-28-22-23-29-37-45-53-70(75)83-59-68(89-73(78)56-48-40-31-21-17-16-19-26-34-42-50-64(4)5)61-87-91(79,80)85-57-67(74)58-86-92(81,82)88-62-69(60-84-71(76)54-46-38-32-24-27-35-43-51-65(6)7)90-72(77)55-47-39-30-20-15-13-11-10-12-14-18-25-33-41-49-63(2)3/h63-69,74H,9-62H2,1-8H3,(H,79,80)(H,81,82)/t66?,67?,68-,69-/m1/s1. The van der Waals surface area contributed by atoms with Crippen LogP contribution in [0.1, 0.15) is 364 Å². The van der Waals surface area contributed by atoms with Gasteiger partial charge in [0.25, 0.3) is 0 Å². The Bertz CT molecular complexity index is 1820. The van der Waals surface area contributed by atoms with Crippen LogP contribution in [-0.4, -0.2) is 96.7 Å². The Hall–Kier alpha value is -1.94. The van der Waals surface area contributed by atoms with E-state index in [1.807, 2.05) is 0 Å². The molecule has 0 rings (SSSR count). The first-order valence-corrected chi connectivity index (χ1v) is 40.7. The summed E-state index contributed by atoms with van der Waals surface area (Å²) in [5, 5.41) is 10.6. The van der Waals surface area contributed by atoms with Gasteiger partial charge in [0.1, 0.15) is 19.3 Å². The highest BCUT2D eigenvalue weighted by atomic mass is 31.2. The number of hydrogen-bond acceptors (Lipinski definition) is 15. The number of aliphatic hydroxyl groups excluding tert-OH is 1. The molecule has 17 nitrogen and oxygen atoms in total. The highest BCUT2D eigenvalue weighted by molar-refractivity contribution is 7.47. The van der Waals surface area contributed by atoms with Gasteiger partial charge in [-0.3, -0.25) is 37.3 Å². The highest BCUT2D eigenvalue weighted by Crippen LogP contribution is 2.45. The van der Waals surface area contributed by atoms with Crippen molar-refractivity contribution in [1.29, 1.82) is 0 Å². The fourth-order valence-corrected chi connectivity index (χ4v) is 12.6. The van der Waals surface area contributed by atoms with Crippen molar-refractivity contribution in [2.45, 2.75) is 382 Å². The minimum atomic E-state index is -4.95. The van der Waals surface area contributed by atoms with E-state index in [2.05, 4.69) is 55.4 Å². The molecule has 0 aliphatic rings. The summed E-state index contributed by atoms with van der Waals surface area (Å²) >= 11 is 0. The second-order valence-corrected chi connectivity index (χ2v) is 30.9. The molecule has 19 heteroatoms. The van der Waals surface area contributed by atoms with Gasteiger partial charge in [-0.1, -0.05) is 312 Å². The molecule has 0 aromatic heterocycles. The molecule has 0 fully saturated rings. The van der Waals surface area contributed by atoms with E-state index in [9.17, 15) is 43.2 Å². The van der Waals surface area contributed by atoms with Crippen LogP contribution in [0.2, 0.25) is 0 Å². The SMILES string of the molecule is CCC(C)CCCCCCCCCCC(=O)OC[C@H](COP(=O)(O)OCC(O)COP(=O)(O)OC[C@@H](COC(=O)CCCCCCCCCC(C)C)OC(=O)CCCCCCCCCCCCCCCCC(C)C)OC(=O)CCCCCCCCCCCCC(C)C. The smallest absolute Gasteiger partial charge is 0.462 e. The predicted molar refractivity (Wildman–Crippen MR) is 372 cm³/mol. The van der Waals surface area contributed by atoms with Gasteiger partial charge in [0, 0.05) is 25.7 Å². The first kappa shape index (κ1) is 90.1. The molecule has 0 amide bonds. The number of rotatable bonds is 70. The number of phosphoric acid groups is 2. The number of hydrogen-bond donors (Lipinski definition) is 3. The molecule has 0 saturated heterocycles. The van der Waals surface area contributed by atoms with Crippen molar-refractivity contribution in [1.82, 2.24) is 0 Å². The lowest BCUT2D eigenvalue weighted by molar-refractivity contribution is -0.161. The summed E-state index contributed by atoms with van der Waals surface area (Å²) < 4.78 is 68.4. The van der Waals surface area contributed by atoms with E-state index in [4.69, 9.17) is 37.0 Å². The lowest BCUT2D eigenvalue weighted by Gasteiger charge is -2.21. The summed E-state index contributed by atoms with van der Waals surface area (Å²) in [6.07, 6.45) is 45.8. The van der Waals surface area contributed by atoms with Crippen LogP contribution in [-0.2, 0) is 65.4 Å². The number of carbonyl (C=O) groups excluding carboxylic acids is 4. The molecule has 6 atom stereocenters. The molecule has 0 radical (unpaired) electrons. The van der Waals surface area contributed by atoms with Crippen molar-refractivity contribution in [3.63, 3.8) is 0 Å². The van der Waals surface area contributed by atoms with Gasteiger partial charge in [0.2, 0.25) is 0 Å². The average molecular weight is 1350 g/mol. The van der Waals surface area contributed by atoms with Crippen molar-refractivity contribution < 1.29 is 80.2 Å². The summed E-state index contributed by atoms with van der Waals surface area (Å²) in [4.78, 5) is 72.7. The van der Waals surface area contributed by atoms with Gasteiger partial charge < -0.3 is 33.8 Å². The Kier molecular flexibility index (Phi) is 61.3. The van der Waals surface area contributed by atoms with Crippen LogP contribution < -0.4 is 0 Å². The molecule has 4 unspecified atom stereocenters. The Morgan fingerprint density at radius 2 is 0.522 bits per heavy atom.